The first-order valence-corrected chi connectivity index (χ1v) is 6.12. The van der Waals surface area contributed by atoms with Gasteiger partial charge < -0.3 is 15.0 Å². The third-order valence-corrected chi connectivity index (χ3v) is 3.31. The molecule has 16 heavy (non-hydrogen) atoms. The van der Waals surface area contributed by atoms with Crippen molar-refractivity contribution in [3.63, 3.8) is 0 Å². The number of rotatable bonds is 7. The molecular formula is C12H24N2O2. The summed E-state index contributed by atoms with van der Waals surface area (Å²) in [6.45, 7) is 5.05. The van der Waals surface area contributed by atoms with Crippen LogP contribution in [0.3, 0.4) is 0 Å². The monoisotopic (exact) mass is 228 g/mol. The molecule has 1 saturated carbocycles. The summed E-state index contributed by atoms with van der Waals surface area (Å²) in [5.74, 6) is -0.151. The van der Waals surface area contributed by atoms with Crippen LogP contribution in [0.15, 0.2) is 0 Å². The van der Waals surface area contributed by atoms with Crippen LogP contribution in [0.5, 0.6) is 0 Å². The summed E-state index contributed by atoms with van der Waals surface area (Å²) in [5.41, 5.74) is 0. The molecule has 0 spiro atoms. The molecule has 0 aromatic heterocycles. The average Bonchev–Trinajstić information content (AvgIpc) is 3.09. The normalized spacial score (nSPS) is 19.6. The van der Waals surface area contributed by atoms with Gasteiger partial charge in [-0.15, -0.1) is 0 Å². The number of carbonyl (C=O) groups is 1. The van der Waals surface area contributed by atoms with E-state index in [1.54, 1.807) is 0 Å². The maximum atomic E-state index is 11.6. The summed E-state index contributed by atoms with van der Waals surface area (Å²) in [5, 5.41) is 3.34. The van der Waals surface area contributed by atoms with Crippen LogP contribution >= 0.6 is 0 Å². The van der Waals surface area contributed by atoms with Crippen LogP contribution in [-0.2, 0) is 9.53 Å². The lowest BCUT2D eigenvalue weighted by molar-refractivity contribution is -0.143. The lowest BCUT2D eigenvalue weighted by atomic mass is 10.2. The molecular weight excluding hydrogens is 204 g/mol. The topological polar surface area (TPSA) is 41.6 Å². The van der Waals surface area contributed by atoms with Crippen molar-refractivity contribution < 1.29 is 9.53 Å². The highest BCUT2D eigenvalue weighted by molar-refractivity contribution is 5.76. The molecule has 0 aromatic carbocycles. The zero-order valence-corrected chi connectivity index (χ0v) is 10.8. The van der Waals surface area contributed by atoms with Gasteiger partial charge in [0.2, 0.25) is 0 Å². The summed E-state index contributed by atoms with van der Waals surface area (Å²) >= 11 is 0. The Labute approximate surface area is 98.3 Å². The number of likely N-dealkylation sites (N-methyl/N-ethyl adjacent to an activating group) is 1. The van der Waals surface area contributed by atoms with Crippen molar-refractivity contribution in [1.82, 2.24) is 10.2 Å². The molecule has 1 aliphatic carbocycles. The van der Waals surface area contributed by atoms with Crippen LogP contribution in [0.25, 0.3) is 0 Å². The van der Waals surface area contributed by atoms with Crippen molar-refractivity contribution >= 4 is 5.97 Å². The van der Waals surface area contributed by atoms with Gasteiger partial charge in [-0.3, -0.25) is 4.79 Å². The Morgan fingerprint density at radius 1 is 1.56 bits per heavy atom. The van der Waals surface area contributed by atoms with Gasteiger partial charge in [0.05, 0.1) is 7.11 Å². The van der Waals surface area contributed by atoms with E-state index in [4.69, 9.17) is 4.74 Å². The molecule has 1 aliphatic rings. The molecule has 1 N–H and O–H groups in total. The van der Waals surface area contributed by atoms with Crippen molar-refractivity contribution in [3.8, 4) is 0 Å². The highest BCUT2D eigenvalue weighted by Gasteiger charge is 2.30. The molecule has 2 atom stereocenters. The van der Waals surface area contributed by atoms with E-state index in [0.29, 0.717) is 12.1 Å². The van der Waals surface area contributed by atoms with Crippen LogP contribution in [0.2, 0.25) is 0 Å². The number of nitrogens with one attached hydrogen (secondary N) is 1. The molecule has 1 rings (SSSR count). The third kappa shape index (κ3) is 4.10. The fourth-order valence-corrected chi connectivity index (χ4v) is 1.65. The second kappa shape index (κ2) is 6.21. The molecule has 0 radical (unpaired) electrons. The van der Waals surface area contributed by atoms with Crippen molar-refractivity contribution in [3.05, 3.63) is 0 Å². The Morgan fingerprint density at radius 3 is 2.62 bits per heavy atom. The lowest BCUT2D eigenvalue weighted by Gasteiger charge is -2.27. The molecule has 0 amide bonds. The minimum atomic E-state index is -0.184. The van der Waals surface area contributed by atoms with Crippen LogP contribution in [0.4, 0.5) is 0 Å². The van der Waals surface area contributed by atoms with Gasteiger partial charge in [-0.05, 0) is 33.2 Å². The standard InChI is InChI=1S/C12H24N2O2/c1-5-9(2)14(3)8-11(12(15)16-4)13-10-6-7-10/h9-11,13H,5-8H2,1-4H3. The first kappa shape index (κ1) is 13.5. The van der Waals surface area contributed by atoms with Gasteiger partial charge in [0.25, 0.3) is 0 Å². The predicted octanol–water partition coefficient (Wildman–Crippen LogP) is 1.01. The van der Waals surface area contributed by atoms with Crippen LogP contribution in [-0.4, -0.2) is 49.7 Å². The van der Waals surface area contributed by atoms with E-state index in [1.807, 2.05) is 0 Å². The van der Waals surface area contributed by atoms with E-state index in [-0.39, 0.29) is 12.0 Å². The third-order valence-electron chi connectivity index (χ3n) is 3.31. The second-order valence-electron chi connectivity index (χ2n) is 4.71. The molecule has 2 unspecified atom stereocenters. The fourth-order valence-electron chi connectivity index (χ4n) is 1.65. The van der Waals surface area contributed by atoms with Gasteiger partial charge >= 0.3 is 5.97 Å². The van der Waals surface area contributed by atoms with Gasteiger partial charge in [0.15, 0.2) is 0 Å². The number of nitrogens with zero attached hydrogens (tertiary/aromatic N) is 1. The zero-order valence-electron chi connectivity index (χ0n) is 10.8. The maximum Gasteiger partial charge on any atom is 0.324 e. The van der Waals surface area contributed by atoms with Gasteiger partial charge in [-0.1, -0.05) is 6.92 Å². The minimum Gasteiger partial charge on any atom is -0.468 e. The molecule has 4 nitrogen and oxygen atoms in total. The quantitative estimate of drug-likeness (QED) is 0.660. The number of ether oxygens (including phenoxy) is 1. The van der Waals surface area contributed by atoms with Crippen LogP contribution in [0.1, 0.15) is 33.1 Å². The Kier molecular flexibility index (Phi) is 5.22. The minimum absolute atomic E-state index is 0.151. The Morgan fingerprint density at radius 2 is 2.19 bits per heavy atom. The van der Waals surface area contributed by atoms with E-state index in [9.17, 15) is 4.79 Å². The summed E-state index contributed by atoms with van der Waals surface area (Å²) in [6, 6.07) is 0.832. The summed E-state index contributed by atoms with van der Waals surface area (Å²) in [4.78, 5) is 13.8. The molecule has 4 heteroatoms. The van der Waals surface area contributed by atoms with Crippen LogP contribution in [0, 0.1) is 0 Å². The maximum absolute atomic E-state index is 11.6. The fraction of sp³-hybridized carbons (Fsp3) is 0.917. The van der Waals surface area contributed by atoms with E-state index in [2.05, 4.69) is 31.1 Å². The van der Waals surface area contributed by atoms with Crippen molar-refractivity contribution in [1.29, 1.82) is 0 Å². The number of hydrogen-bond donors (Lipinski definition) is 1. The van der Waals surface area contributed by atoms with Gasteiger partial charge in [-0.25, -0.2) is 0 Å². The molecule has 0 aromatic rings. The number of esters is 1. The molecule has 94 valence electrons. The smallest absolute Gasteiger partial charge is 0.324 e. The highest BCUT2D eigenvalue weighted by atomic mass is 16.5. The lowest BCUT2D eigenvalue weighted by Crippen LogP contribution is -2.48. The number of carbonyl (C=O) groups excluding carboxylic acids is 1. The van der Waals surface area contributed by atoms with Crippen molar-refractivity contribution in [2.24, 2.45) is 0 Å². The molecule has 0 bridgehead atoms. The first-order chi connectivity index (χ1) is 7.58. The van der Waals surface area contributed by atoms with Gasteiger partial charge in [0, 0.05) is 18.6 Å². The Bertz CT molecular complexity index is 229. The van der Waals surface area contributed by atoms with Gasteiger partial charge in [-0.2, -0.15) is 0 Å². The van der Waals surface area contributed by atoms with Crippen molar-refractivity contribution in [2.75, 3.05) is 20.7 Å². The van der Waals surface area contributed by atoms with E-state index in [1.165, 1.54) is 20.0 Å². The molecule has 0 heterocycles. The summed E-state index contributed by atoms with van der Waals surface area (Å²) in [6.07, 6.45) is 3.45. The largest absolute Gasteiger partial charge is 0.468 e. The summed E-state index contributed by atoms with van der Waals surface area (Å²) < 4.78 is 4.83. The molecule has 0 aliphatic heterocycles. The highest BCUT2D eigenvalue weighted by Crippen LogP contribution is 2.20. The van der Waals surface area contributed by atoms with Gasteiger partial charge in [0.1, 0.15) is 6.04 Å². The average molecular weight is 228 g/mol. The SMILES string of the molecule is CCC(C)N(C)CC(NC1CC1)C(=O)OC. The Hall–Kier alpha value is -0.610. The summed E-state index contributed by atoms with van der Waals surface area (Å²) in [7, 11) is 3.51. The predicted molar refractivity (Wildman–Crippen MR) is 64.3 cm³/mol. The van der Waals surface area contributed by atoms with E-state index >= 15 is 0 Å². The molecule has 0 saturated heterocycles. The van der Waals surface area contributed by atoms with Crippen molar-refractivity contribution in [2.45, 2.75) is 51.2 Å². The molecule has 1 fully saturated rings. The second-order valence-corrected chi connectivity index (χ2v) is 4.71. The Balaban J connectivity index is 2.44. The van der Waals surface area contributed by atoms with Crippen LogP contribution < -0.4 is 5.32 Å². The first-order valence-electron chi connectivity index (χ1n) is 6.12. The van der Waals surface area contributed by atoms with E-state index in [0.717, 1.165) is 13.0 Å². The number of hydrogen-bond acceptors (Lipinski definition) is 4. The number of methoxy groups -OCH3 is 1. The zero-order chi connectivity index (χ0) is 12.1. The van der Waals surface area contributed by atoms with E-state index < -0.39 is 0 Å².